The number of carbonyl (C=O) groups excluding carboxylic acids is 1. The molecule has 0 aromatic carbocycles. The van der Waals surface area contributed by atoms with E-state index in [1.807, 2.05) is 42.2 Å². The van der Waals surface area contributed by atoms with Crippen LogP contribution in [0.25, 0.3) is 0 Å². The Morgan fingerprint density at radius 1 is 0.829 bits per heavy atom. The molecule has 2 N–H and O–H groups in total. The number of nitrogens with zero attached hydrogens (tertiary/aromatic N) is 1. The summed E-state index contributed by atoms with van der Waals surface area (Å²) in [4.78, 5) is 14.0. The van der Waals surface area contributed by atoms with Gasteiger partial charge in [-0.2, -0.15) is 0 Å². The van der Waals surface area contributed by atoms with E-state index in [0.29, 0.717) is 25.2 Å². The summed E-state index contributed by atoms with van der Waals surface area (Å²) in [5, 5.41) is 18.1. The van der Waals surface area contributed by atoms with Gasteiger partial charge in [0.1, 0.15) is 6.61 Å². The van der Waals surface area contributed by atoms with Crippen molar-refractivity contribution in [2.45, 2.75) is 67.7 Å². The van der Waals surface area contributed by atoms with Crippen LogP contribution in [0.4, 0.5) is 0 Å². The summed E-state index contributed by atoms with van der Waals surface area (Å²) in [6.07, 6.45) is 28.2. The van der Waals surface area contributed by atoms with Crippen LogP contribution in [0.3, 0.4) is 0 Å². The first-order valence-corrected chi connectivity index (χ1v) is 14.7. The topological polar surface area (TPSA) is 70.0 Å². The molecule has 0 fully saturated rings. The minimum atomic E-state index is -0.375. The lowest BCUT2D eigenvalue weighted by Crippen LogP contribution is -2.33. The first-order chi connectivity index (χ1) is 19.5. The normalized spacial score (nSPS) is 17.8. The number of aliphatic hydroxyl groups excluding tert-OH is 2. The average Bonchev–Trinajstić information content (AvgIpc) is 2.90. The van der Waals surface area contributed by atoms with Gasteiger partial charge in [0.25, 0.3) is 0 Å². The molecule has 0 saturated carbocycles. The van der Waals surface area contributed by atoms with E-state index in [1.165, 1.54) is 36.0 Å². The fourth-order valence-electron chi connectivity index (χ4n) is 4.57. The maximum atomic E-state index is 12.1. The van der Waals surface area contributed by atoms with Gasteiger partial charge in [-0.15, -0.1) is 0 Å². The van der Waals surface area contributed by atoms with Gasteiger partial charge in [-0.05, 0) is 64.9 Å². The van der Waals surface area contributed by atoms with E-state index in [-0.39, 0.29) is 31.2 Å². The Morgan fingerprint density at radius 3 is 1.93 bits per heavy atom. The van der Waals surface area contributed by atoms with Gasteiger partial charge in [0.15, 0.2) is 0 Å². The zero-order valence-electron chi connectivity index (χ0n) is 26.5. The van der Waals surface area contributed by atoms with Crippen molar-refractivity contribution in [1.29, 1.82) is 0 Å². The molecule has 226 valence electrons. The van der Waals surface area contributed by atoms with Crippen molar-refractivity contribution >= 4 is 5.97 Å². The van der Waals surface area contributed by atoms with Crippen molar-refractivity contribution in [1.82, 2.24) is 4.90 Å². The molecule has 1 rings (SSSR count). The van der Waals surface area contributed by atoms with Gasteiger partial charge < -0.3 is 14.9 Å². The lowest BCUT2D eigenvalue weighted by atomic mass is 9.72. The molecule has 0 amide bonds. The fraction of sp³-hybridized carbons (Fsp3) is 0.472. The maximum absolute atomic E-state index is 12.1. The van der Waals surface area contributed by atoms with E-state index >= 15 is 0 Å². The Morgan fingerprint density at radius 2 is 1.37 bits per heavy atom. The van der Waals surface area contributed by atoms with E-state index in [1.54, 1.807) is 13.0 Å². The van der Waals surface area contributed by atoms with E-state index < -0.39 is 0 Å². The van der Waals surface area contributed by atoms with Crippen LogP contribution in [-0.4, -0.2) is 60.5 Å². The third kappa shape index (κ3) is 15.6. The van der Waals surface area contributed by atoms with Crippen molar-refractivity contribution < 1.29 is 19.7 Å². The first-order valence-electron chi connectivity index (χ1n) is 14.7. The summed E-state index contributed by atoms with van der Waals surface area (Å²) in [5.74, 6) is -0.375. The number of hydrogen-bond acceptors (Lipinski definition) is 5. The Kier molecular flexibility index (Phi) is 17.6. The van der Waals surface area contributed by atoms with Crippen LogP contribution < -0.4 is 0 Å². The molecule has 5 heteroatoms. The van der Waals surface area contributed by atoms with Gasteiger partial charge in [0.05, 0.1) is 13.2 Å². The van der Waals surface area contributed by atoms with Crippen molar-refractivity contribution in [3.63, 3.8) is 0 Å². The highest BCUT2D eigenvalue weighted by Crippen LogP contribution is 2.40. The molecule has 0 bridgehead atoms. The lowest BCUT2D eigenvalue weighted by Gasteiger charge is -2.32. The van der Waals surface area contributed by atoms with Crippen LogP contribution in [0.1, 0.15) is 67.7 Å². The van der Waals surface area contributed by atoms with Crippen LogP contribution in [-0.2, 0) is 9.53 Å². The molecule has 0 aromatic heterocycles. The minimum absolute atomic E-state index is 0.000395. The summed E-state index contributed by atoms with van der Waals surface area (Å²) >= 11 is 0. The van der Waals surface area contributed by atoms with E-state index in [9.17, 15) is 4.79 Å². The zero-order chi connectivity index (χ0) is 30.7. The van der Waals surface area contributed by atoms with Gasteiger partial charge in [0.2, 0.25) is 0 Å². The van der Waals surface area contributed by atoms with E-state index in [4.69, 9.17) is 14.9 Å². The number of esters is 1. The largest absolute Gasteiger partial charge is 0.461 e. The van der Waals surface area contributed by atoms with Gasteiger partial charge in [0, 0.05) is 25.2 Å². The molecule has 1 aliphatic carbocycles. The molecular formula is C36H53NO4. The molecule has 5 nitrogen and oxygen atoms in total. The Balaban J connectivity index is 2.55. The second-order valence-corrected chi connectivity index (χ2v) is 11.4. The highest BCUT2D eigenvalue weighted by atomic mass is 16.5. The Bertz CT molecular complexity index is 1100. The third-order valence-corrected chi connectivity index (χ3v) is 7.10. The minimum Gasteiger partial charge on any atom is -0.461 e. The lowest BCUT2D eigenvalue weighted by molar-refractivity contribution is -0.139. The monoisotopic (exact) mass is 563 g/mol. The molecule has 1 aliphatic rings. The number of carbonyl (C=O) groups is 1. The van der Waals surface area contributed by atoms with Gasteiger partial charge in [-0.1, -0.05) is 109 Å². The van der Waals surface area contributed by atoms with Crippen LogP contribution in [0.5, 0.6) is 0 Å². The van der Waals surface area contributed by atoms with Gasteiger partial charge in [-0.25, -0.2) is 4.79 Å². The number of rotatable bonds is 16. The second-order valence-electron chi connectivity index (χ2n) is 11.4. The van der Waals surface area contributed by atoms with Gasteiger partial charge >= 0.3 is 5.97 Å². The summed E-state index contributed by atoms with van der Waals surface area (Å²) < 4.78 is 5.28. The number of hydrogen-bond donors (Lipinski definition) is 2. The standard InChI is InChI=1S/C36H53NO4/c1-29(15-10-16-31(3)20-21-34-32(4)19-12-22-36(34,6)7)13-8-9-14-30(2)17-11-18-33(5)35(40)41-28-25-37(23-26-38)24-27-39/h8-11,13-18,20-21,38-39H,12,19,22-28H2,1-7H3/b9-8+,15-10+,17-11+,21-20+,29-13+,30-14+,31-16+,33-18+. The predicted octanol–water partition coefficient (Wildman–Crippen LogP) is 7.35. The molecule has 0 aromatic rings. The number of aliphatic hydroxyl groups is 2. The van der Waals surface area contributed by atoms with Crippen molar-refractivity contribution in [3.8, 4) is 0 Å². The highest BCUT2D eigenvalue weighted by Gasteiger charge is 2.26. The molecular weight excluding hydrogens is 510 g/mol. The summed E-state index contributed by atoms with van der Waals surface area (Å²) in [6, 6.07) is 0. The zero-order valence-corrected chi connectivity index (χ0v) is 26.5. The van der Waals surface area contributed by atoms with Crippen molar-refractivity contribution in [2.75, 3.05) is 39.5 Å². The quantitative estimate of drug-likeness (QED) is 0.117. The Labute approximate surface area is 249 Å². The number of allylic oxidation sites excluding steroid dienone is 17. The van der Waals surface area contributed by atoms with Crippen LogP contribution in [0.2, 0.25) is 0 Å². The predicted molar refractivity (Wildman–Crippen MR) is 173 cm³/mol. The SMILES string of the molecule is CC1=C(/C=C/C(C)=C/C=C/C(C)=C/C=C/C=C(C)/C=C/C=C(\C)C(=O)OCCN(CCO)CCO)C(C)(C)CCC1. The molecule has 0 radical (unpaired) electrons. The van der Waals surface area contributed by atoms with Crippen LogP contribution >= 0.6 is 0 Å². The molecule has 0 heterocycles. The smallest absolute Gasteiger partial charge is 0.333 e. The molecule has 0 unspecified atom stereocenters. The van der Waals surface area contributed by atoms with Crippen molar-refractivity contribution in [3.05, 3.63) is 106 Å². The van der Waals surface area contributed by atoms with Crippen LogP contribution in [0.15, 0.2) is 106 Å². The summed E-state index contributed by atoms with van der Waals surface area (Å²) in [7, 11) is 0. The van der Waals surface area contributed by atoms with Crippen LogP contribution in [0, 0.1) is 5.41 Å². The van der Waals surface area contributed by atoms with E-state index in [0.717, 1.165) is 11.1 Å². The van der Waals surface area contributed by atoms with E-state index in [2.05, 4.69) is 71.1 Å². The van der Waals surface area contributed by atoms with Crippen molar-refractivity contribution in [2.24, 2.45) is 5.41 Å². The fourth-order valence-corrected chi connectivity index (χ4v) is 4.57. The third-order valence-electron chi connectivity index (χ3n) is 7.10. The first kappa shape index (κ1) is 36.0. The molecule has 0 saturated heterocycles. The molecule has 0 atom stereocenters. The summed E-state index contributed by atoms with van der Waals surface area (Å²) in [6.45, 7) is 16.5. The Hall–Kier alpha value is -2.99. The molecule has 41 heavy (non-hydrogen) atoms. The average molecular weight is 564 g/mol. The molecule has 0 aliphatic heterocycles. The maximum Gasteiger partial charge on any atom is 0.333 e. The highest BCUT2D eigenvalue weighted by molar-refractivity contribution is 5.88. The summed E-state index contributed by atoms with van der Waals surface area (Å²) in [5.41, 5.74) is 7.23. The molecule has 0 spiro atoms. The number of ether oxygens (including phenoxy) is 1. The van der Waals surface area contributed by atoms with Gasteiger partial charge in [-0.3, -0.25) is 4.90 Å². The second kappa shape index (κ2) is 20.0.